The summed E-state index contributed by atoms with van der Waals surface area (Å²) in [6.07, 6.45) is 17.9. The number of allylic oxidation sites excluding steroid dienone is 1. The average molecular weight is 743 g/mol. The van der Waals surface area contributed by atoms with Crippen LogP contribution in [-0.2, 0) is 19.1 Å². The summed E-state index contributed by atoms with van der Waals surface area (Å²) in [7, 11) is 6.28. The van der Waals surface area contributed by atoms with Crippen LogP contribution in [-0.4, -0.2) is 71.2 Å². The number of aromatic nitrogens is 2. The van der Waals surface area contributed by atoms with Gasteiger partial charge < -0.3 is 9.47 Å². The maximum atomic E-state index is 14.6. The molecule has 2 aromatic rings. The summed E-state index contributed by atoms with van der Waals surface area (Å²) in [5, 5.41) is 0. The topological polar surface area (TPSA) is 94.0 Å². The van der Waals surface area contributed by atoms with Crippen molar-refractivity contribution in [2.45, 2.75) is 153 Å². The molecular weight excluding hydrogens is 685 g/mol. The third-order valence-corrected chi connectivity index (χ3v) is 11.8. The SMILES string of the molecule is [B]C(C(=O)OC(C)CC1C=CC(CCCCC(C)[C@@H]2CCN(C(C(=O)OC(C)(C)C)c3cc(F)cnc3C3CCC3)C2)=N1)c1cc(F)cnc1C1CCC1. The Bertz CT molecular complexity index is 1700. The van der Waals surface area contributed by atoms with Gasteiger partial charge in [-0.15, -0.1) is 0 Å². The monoisotopic (exact) mass is 742 g/mol. The maximum absolute atomic E-state index is 14.6. The molecule has 6 rings (SSSR count). The van der Waals surface area contributed by atoms with E-state index in [1.807, 2.05) is 27.7 Å². The zero-order valence-corrected chi connectivity index (χ0v) is 32.7. The summed E-state index contributed by atoms with van der Waals surface area (Å²) < 4.78 is 40.3. The molecule has 2 aromatic heterocycles. The van der Waals surface area contributed by atoms with Crippen LogP contribution in [0.15, 0.2) is 41.7 Å². The van der Waals surface area contributed by atoms with Crippen molar-refractivity contribution in [1.82, 2.24) is 14.9 Å². The Hall–Kier alpha value is -3.47. The van der Waals surface area contributed by atoms with Crippen molar-refractivity contribution >= 4 is 25.5 Å². The molecule has 2 saturated carbocycles. The highest BCUT2D eigenvalue weighted by molar-refractivity contribution is 6.23. The molecule has 2 aliphatic carbocycles. The number of ether oxygens (including phenoxy) is 2. The Morgan fingerprint density at radius 3 is 2.17 bits per heavy atom. The lowest BCUT2D eigenvalue weighted by Crippen LogP contribution is -2.38. The molecule has 2 aliphatic heterocycles. The molecule has 4 heterocycles. The van der Waals surface area contributed by atoms with Crippen LogP contribution in [0.3, 0.4) is 0 Å². The fourth-order valence-corrected chi connectivity index (χ4v) is 8.38. The van der Waals surface area contributed by atoms with Crippen molar-refractivity contribution in [2.75, 3.05) is 13.1 Å². The molecule has 0 bridgehead atoms. The number of unbranched alkanes of at least 4 members (excludes halogenated alkanes) is 1. The van der Waals surface area contributed by atoms with Gasteiger partial charge in [0.2, 0.25) is 0 Å². The predicted molar refractivity (Wildman–Crippen MR) is 207 cm³/mol. The van der Waals surface area contributed by atoms with E-state index in [1.165, 1.54) is 24.5 Å². The van der Waals surface area contributed by atoms with Gasteiger partial charge in [0, 0.05) is 53.3 Å². The second-order valence-corrected chi connectivity index (χ2v) is 17.2. The van der Waals surface area contributed by atoms with Crippen molar-refractivity contribution in [2.24, 2.45) is 16.8 Å². The highest BCUT2D eigenvalue weighted by atomic mass is 19.1. The maximum Gasteiger partial charge on any atom is 0.328 e. The Kier molecular flexibility index (Phi) is 13.1. The third kappa shape index (κ3) is 10.0. The zero-order valence-electron chi connectivity index (χ0n) is 32.7. The van der Waals surface area contributed by atoms with Gasteiger partial charge in [-0.25, -0.2) is 13.6 Å². The normalized spacial score (nSPS) is 22.9. The number of hydrogen-bond donors (Lipinski definition) is 0. The smallest absolute Gasteiger partial charge is 0.328 e. The molecule has 2 radical (unpaired) electrons. The fourth-order valence-electron chi connectivity index (χ4n) is 8.38. The van der Waals surface area contributed by atoms with Crippen molar-refractivity contribution in [3.8, 4) is 0 Å². The number of aliphatic imine (C=N–C) groups is 1. The first-order chi connectivity index (χ1) is 25.8. The summed E-state index contributed by atoms with van der Waals surface area (Å²) in [6.45, 7) is 11.3. The molecule has 1 saturated heterocycles. The lowest BCUT2D eigenvalue weighted by atomic mass is 9.74. The fraction of sp³-hybridized carbons (Fsp3) is 0.651. The van der Waals surface area contributed by atoms with Gasteiger partial charge in [0.15, 0.2) is 0 Å². The van der Waals surface area contributed by atoms with Crippen molar-refractivity contribution in [3.05, 3.63) is 70.8 Å². The molecule has 5 unspecified atom stereocenters. The molecule has 11 heteroatoms. The van der Waals surface area contributed by atoms with Crippen LogP contribution in [0.2, 0.25) is 0 Å². The quantitative estimate of drug-likeness (QED) is 0.0965. The van der Waals surface area contributed by atoms with Crippen LogP contribution in [0.1, 0.15) is 158 Å². The lowest BCUT2D eigenvalue weighted by Gasteiger charge is -2.34. The van der Waals surface area contributed by atoms with Gasteiger partial charge in [-0.1, -0.05) is 38.7 Å². The van der Waals surface area contributed by atoms with Gasteiger partial charge in [-0.05, 0) is 115 Å². The Morgan fingerprint density at radius 2 is 1.56 bits per heavy atom. The number of likely N-dealkylation sites (tertiary alicyclic amines) is 1. The van der Waals surface area contributed by atoms with E-state index in [4.69, 9.17) is 22.3 Å². The lowest BCUT2D eigenvalue weighted by molar-refractivity contribution is -0.161. The van der Waals surface area contributed by atoms with Gasteiger partial charge in [-0.3, -0.25) is 24.7 Å². The third-order valence-electron chi connectivity index (χ3n) is 11.8. The zero-order chi connectivity index (χ0) is 38.6. The molecule has 0 spiro atoms. The highest BCUT2D eigenvalue weighted by Crippen LogP contribution is 2.42. The molecule has 6 atom stereocenters. The molecule has 0 aromatic carbocycles. The van der Waals surface area contributed by atoms with E-state index in [-0.39, 0.29) is 23.8 Å². The van der Waals surface area contributed by atoms with Gasteiger partial charge in [0.25, 0.3) is 0 Å². The second kappa shape index (κ2) is 17.6. The van der Waals surface area contributed by atoms with Gasteiger partial charge in [-0.2, -0.15) is 0 Å². The minimum absolute atomic E-state index is 0.0696. The van der Waals surface area contributed by atoms with Crippen molar-refractivity contribution < 1.29 is 27.8 Å². The van der Waals surface area contributed by atoms with E-state index in [2.05, 4.69) is 33.9 Å². The molecule has 0 N–H and O–H groups in total. The summed E-state index contributed by atoms with van der Waals surface area (Å²) in [6, 6.07) is 2.09. The van der Waals surface area contributed by atoms with E-state index in [0.717, 1.165) is 95.1 Å². The Labute approximate surface area is 321 Å². The largest absolute Gasteiger partial charge is 0.463 e. The summed E-state index contributed by atoms with van der Waals surface area (Å²) in [4.78, 5) is 42.6. The second-order valence-electron chi connectivity index (χ2n) is 17.2. The molecule has 0 amide bonds. The summed E-state index contributed by atoms with van der Waals surface area (Å²) in [5.74, 6) is -1.56. The minimum atomic E-state index is -1.08. The minimum Gasteiger partial charge on any atom is -0.463 e. The van der Waals surface area contributed by atoms with Crippen molar-refractivity contribution in [3.63, 3.8) is 0 Å². The first-order valence-corrected chi connectivity index (χ1v) is 20.2. The van der Waals surface area contributed by atoms with Crippen LogP contribution in [0.5, 0.6) is 0 Å². The molecule has 54 heavy (non-hydrogen) atoms. The van der Waals surface area contributed by atoms with Crippen LogP contribution >= 0.6 is 0 Å². The number of hydrogen-bond acceptors (Lipinski definition) is 8. The van der Waals surface area contributed by atoms with Crippen molar-refractivity contribution in [1.29, 1.82) is 0 Å². The van der Waals surface area contributed by atoms with Crippen LogP contribution < -0.4 is 0 Å². The molecule has 8 nitrogen and oxygen atoms in total. The highest BCUT2D eigenvalue weighted by Gasteiger charge is 2.40. The van der Waals surface area contributed by atoms with E-state index in [9.17, 15) is 18.4 Å². The standard InChI is InChI=1S/C43H57BF2N4O4/c1-26(30-18-19-50(25-30)40(42(52)54-43(3,4)5)36-22-32(46)24-48-39(36)29-13-9-14-29)10-6-7-15-33-16-17-34(49-33)20-27(2)53-41(51)37(44)35-21-31(45)23-47-38(35)28-11-8-12-28/h16-17,21-24,26-30,34,37,40H,6-15,18-20,25H2,1-5H3/t26?,27?,30-,34?,37?,40?/m1/s1. The number of carbonyl (C=O) groups is 2. The molecule has 290 valence electrons. The van der Waals surface area contributed by atoms with Gasteiger partial charge in [0.1, 0.15) is 29.4 Å². The van der Waals surface area contributed by atoms with E-state index in [0.29, 0.717) is 35.1 Å². The molecular formula is C43H57BF2N4O4. The number of carbonyl (C=O) groups excluding carboxylic acids is 2. The first-order valence-electron chi connectivity index (χ1n) is 20.2. The Balaban J connectivity index is 0.959. The van der Waals surface area contributed by atoms with E-state index < -0.39 is 41.2 Å². The van der Waals surface area contributed by atoms with E-state index in [1.54, 1.807) is 0 Å². The van der Waals surface area contributed by atoms with Gasteiger partial charge in [0.05, 0.1) is 26.3 Å². The number of nitrogens with zero attached hydrogens (tertiary/aromatic N) is 4. The predicted octanol–water partition coefficient (Wildman–Crippen LogP) is 8.80. The first kappa shape index (κ1) is 40.2. The number of esters is 2. The van der Waals surface area contributed by atoms with E-state index >= 15 is 0 Å². The average Bonchev–Trinajstić information content (AvgIpc) is 3.72. The van der Waals surface area contributed by atoms with Crippen LogP contribution in [0, 0.1) is 23.5 Å². The summed E-state index contributed by atoms with van der Waals surface area (Å²) in [5.41, 5.74) is 3.03. The number of pyridine rings is 2. The Morgan fingerprint density at radius 1 is 0.926 bits per heavy atom. The molecule has 3 fully saturated rings. The summed E-state index contributed by atoms with van der Waals surface area (Å²) >= 11 is 0. The number of rotatable bonds is 16. The van der Waals surface area contributed by atoms with Crippen LogP contribution in [0.25, 0.3) is 0 Å². The molecule has 4 aliphatic rings. The number of halogens is 2. The van der Waals surface area contributed by atoms with Gasteiger partial charge >= 0.3 is 11.9 Å². The van der Waals surface area contributed by atoms with Crippen LogP contribution in [0.4, 0.5) is 8.78 Å².